The van der Waals surface area contributed by atoms with Crippen LogP contribution in [0.4, 0.5) is 0 Å². The molecule has 0 fully saturated rings. The van der Waals surface area contributed by atoms with Crippen LogP contribution in [0.2, 0.25) is 0 Å². The van der Waals surface area contributed by atoms with Crippen molar-refractivity contribution < 1.29 is 9.90 Å². The highest BCUT2D eigenvalue weighted by molar-refractivity contribution is 5.94. The van der Waals surface area contributed by atoms with E-state index in [2.05, 4.69) is 24.1 Å². The summed E-state index contributed by atoms with van der Waals surface area (Å²) in [5.41, 5.74) is 0.915. The van der Waals surface area contributed by atoms with Crippen LogP contribution in [0, 0.1) is 11.8 Å². The lowest BCUT2D eigenvalue weighted by atomic mass is 10.1. The molecule has 1 rings (SSSR count). The maximum absolute atomic E-state index is 12.0. The van der Waals surface area contributed by atoms with Gasteiger partial charge in [0.2, 0.25) is 5.56 Å². The largest absolute Gasteiger partial charge is 0.396 e. The fourth-order valence-corrected chi connectivity index (χ4v) is 1.97. The zero-order valence-corrected chi connectivity index (χ0v) is 12.4. The van der Waals surface area contributed by atoms with Crippen LogP contribution in [0.3, 0.4) is 0 Å². The second-order valence-corrected chi connectivity index (χ2v) is 5.68. The first-order valence-electron chi connectivity index (χ1n) is 7.04. The fourth-order valence-electron chi connectivity index (χ4n) is 1.97. The van der Waals surface area contributed by atoms with E-state index in [1.165, 1.54) is 6.07 Å². The Balaban J connectivity index is 2.72. The number of carbonyl (C=O) groups is 1. The van der Waals surface area contributed by atoms with Crippen LogP contribution >= 0.6 is 0 Å². The first kappa shape index (κ1) is 16.4. The van der Waals surface area contributed by atoms with Crippen molar-refractivity contribution >= 4 is 5.91 Å². The van der Waals surface area contributed by atoms with Crippen molar-refractivity contribution in [1.82, 2.24) is 10.3 Å². The molecule has 20 heavy (non-hydrogen) atoms. The lowest BCUT2D eigenvalue weighted by Crippen LogP contribution is -2.29. The van der Waals surface area contributed by atoms with Gasteiger partial charge >= 0.3 is 0 Å². The Morgan fingerprint density at radius 1 is 1.35 bits per heavy atom. The number of nitrogens with one attached hydrogen (secondary N) is 2. The maximum atomic E-state index is 12.0. The second-order valence-electron chi connectivity index (χ2n) is 5.68. The number of rotatable bonds is 7. The van der Waals surface area contributed by atoms with Gasteiger partial charge in [0.05, 0.1) is 0 Å². The molecule has 1 aromatic rings. The minimum Gasteiger partial charge on any atom is -0.396 e. The molecule has 1 unspecified atom stereocenters. The van der Waals surface area contributed by atoms with Crippen LogP contribution < -0.4 is 10.9 Å². The molecule has 0 aliphatic carbocycles. The van der Waals surface area contributed by atoms with Crippen LogP contribution in [0.5, 0.6) is 0 Å². The van der Waals surface area contributed by atoms with Crippen LogP contribution in [0.15, 0.2) is 16.9 Å². The lowest BCUT2D eigenvalue weighted by Gasteiger charge is -2.12. The Labute approximate surface area is 119 Å². The van der Waals surface area contributed by atoms with Gasteiger partial charge in [-0.05, 0) is 30.7 Å². The van der Waals surface area contributed by atoms with Gasteiger partial charge in [-0.1, -0.05) is 20.8 Å². The summed E-state index contributed by atoms with van der Waals surface area (Å²) in [7, 11) is 0. The van der Waals surface area contributed by atoms with Crippen LogP contribution in [-0.4, -0.2) is 29.1 Å². The molecule has 0 bridgehead atoms. The van der Waals surface area contributed by atoms with Crippen molar-refractivity contribution in [3.63, 3.8) is 0 Å². The molecule has 5 heteroatoms. The predicted molar refractivity (Wildman–Crippen MR) is 78.8 cm³/mol. The molecular weight excluding hydrogens is 256 g/mol. The van der Waals surface area contributed by atoms with E-state index in [1.807, 2.05) is 6.92 Å². The van der Waals surface area contributed by atoms with E-state index < -0.39 is 0 Å². The Bertz CT molecular complexity index is 494. The van der Waals surface area contributed by atoms with Crippen LogP contribution in [0.1, 0.15) is 43.2 Å². The van der Waals surface area contributed by atoms with Gasteiger partial charge in [-0.3, -0.25) is 9.59 Å². The van der Waals surface area contributed by atoms with Gasteiger partial charge in [0.25, 0.3) is 5.91 Å². The third-order valence-corrected chi connectivity index (χ3v) is 3.02. The summed E-state index contributed by atoms with van der Waals surface area (Å²) < 4.78 is 0. The molecule has 5 nitrogen and oxygen atoms in total. The van der Waals surface area contributed by atoms with Crippen LogP contribution in [0.25, 0.3) is 0 Å². The second kappa shape index (κ2) is 7.85. The molecule has 0 aliphatic rings. The van der Waals surface area contributed by atoms with E-state index in [4.69, 9.17) is 5.11 Å². The van der Waals surface area contributed by atoms with Gasteiger partial charge in [-0.2, -0.15) is 0 Å². The summed E-state index contributed by atoms with van der Waals surface area (Å²) in [6.07, 6.45) is 1.38. The third-order valence-electron chi connectivity index (χ3n) is 3.02. The molecule has 0 aromatic carbocycles. The number of aromatic nitrogens is 1. The highest BCUT2D eigenvalue weighted by atomic mass is 16.3. The van der Waals surface area contributed by atoms with E-state index in [-0.39, 0.29) is 24.0 Å². The minimum absolute atomic E-state index is 0.112. The standard InChI is InChI=1S/C15H24N2O3/c1-10(2)6-13-7-12(8-14(19)17-13)15(20)16-9-11(3)4-5-18/h7-8,10-11,18H,4-6,9H2,1-3H3,(H,16,20)(H,17,19). The van der Waals surface area contributed by atoms with Crippen molar-refractivity contribution in [2.75, 3.05) is 13.2 Å². The topological polar surface area (TPSA) is 82.2 Å². The molecule has 1 amide bonds. The number of aliphatic hydroxyl groups excluding tert-OH is 1. The van der Waals surface area contributed by atoms with Crippen molar-refractivity contribution in [2.24, 2.45) is 11.8 Å². The van der Waals surface area contributed by atoms with Gasteiger partial charge in [-0.15, -0.1) is 0 Å². The number of aliphatic hydroxyl groups is 1. The highest BCUT2D eigenvalue weighted by Gasteiger charge is 2.10. The summed E-state index contributed by atoms with van der Waals surface area (Å²) in [6, 6.07) is 3.04. The van der Waals surface area contributed by atoms with E-state index in [0.717, 1.165) is 12.1 Å². The Hall–Kier alpha value is -1.62. The Morgan fingerprint density at radius 3 is 2.65 bits per heavy atom. The molecule has 1 atom stereocenters. The predicted octanol–water partition coefficient (Wildman–Crippen LogP) is 1.32. The molecule has 0 aliphatic heterocycles. The van der Waals surface area contributed by atoms with E-state index >= 15 is 0 Å². The summed E-state index contributed by atoms with van der Waals surface area (Å²) >= 11 is 0. The number of H-pyrrole nitrogens is 1. The van der Waals surface area contributed by atoms with Crippen molar-refractivity contribution in [3.05, 3.63) is 33.7 Å². The molecule has 0 saturated carbocycles. The zero-order valence-electron chi connectivity index (χ0n) is 12.4. The first-order valence-corrected chi connectivity index (χ1v) is 7.04. The molecule has 112 valence electrons. The quantitative estimate of drug-likeness (QED) is 0.704. The molecule has 3 N–H and O–H groups in total. The van der Waals surface area contributed by atoms with E-state index in [1.54, 1.807) is 6.07 Å². The van der Waals surface area contributed by atoms with Crippen molar-refractivity contribution in [1.29, 1.82) is 0 Å². The first-order chi connectivity index (χ1) is 9.42. The Kier molecular flexibility index (Phi) is 6.45. The number of carbonyl (C=O) groups excluding carboxylic acids is 1. The maximum Gasteiger partial charge on any atom is 0.251 e. The lowest BCUT2D eigenvalue weighted by molar-refractivity contribution is 0.0945. The SMILES string of the molecule is CC(C)Cc1cc(C(=O)NCC(C)CCO)cc(=O)[nH]1. The third kappa shape index (κ3) is 5.57. The van der Waals surface area contributed by atoms with Crippen molar-refractivity contribution in [2.45, 2.75) is 33.6 Å². The molecule has 1 aromatic heterocycles. The summed E-state index contributed by atoms with van der Waals surface area (Å²) in [5, 5.41) is 11.6. The normalized spacial score (nSPS) is 12.4. The average molecular weight is 280 g/mol. The van der Waals surface area contributed by atoms with E-state index in [0.29, 0.717) is 24.4 Å². The highest BCUT2D eigenvalue weighted by Crippen LogP contribution is 2.06. The number of pyridine rings is 1. The van der Waals surface area contributed by atoms with Gasteiger partial charge in [0.1, 0.15) is 0 Å². The zero-order chi connectivity index (χ0) is 15.1. The van der Waals surface area contributed by atoms with Gasteiger partial charge in [0, 0.05) is 30.5 Å². The number of aromatic amines is 1. The van der Waals surface area contributed by atoms with E-state index in [9.17, 15) is 9.59 Å². The van der Waals surface area contributed by atoms with Gasteiger partial charge in [-0.25, -0.2) is 0 Å². The molecule has 1 heterocycles. The Morgan fingerprint density at radius 2 is 2.05 bits per heavy atom. The van der Waals surface area contributed by atoms with Gasteiger partial charge in [0.15, 0.2) is 0 Å². The molecule has 0 spiro atoms. The monoisotopic (exact) mass is 280 g/mol. The summed E-state index contributed by atoms with van der Waals surface area (Å²) in [5.74, 6) is 0.375. The fraction of sp³-hybridized carbons (Fsp3) is 0.600. The van der Waals surface area contributed by atoms with Crippen molar-refractivity contribution in [3.8, 4) is 0 Å². The summed E-state index contributed by atoms with van der Waals surface area (Å²) in [6.45, 7) is 6.67. The van der Waals surface area contributed by atoms with Crippen LogP contribution in [-0.2, 0) is 6.42 Å². The number of amides is 1. The van der Waals surface area contributed by atoms with Gasteiger partial charge < -0.3 is 15.4 Å². The minimum atomic E-state index is -0.253. The average Bonchev–Trinajstić information content (AvgIpc) is 2.34. The number of hydrogen-bond acceptors (Lipinski definition) is 3. The number of hydrogen-bond donors (Lipinski definition) is 3. The molecule has 0 radical (unpaired) electrons. The summed E-state index contributed by atoms with van der Waals surface area (Å²) in [4.78, 5) is 26.3. The smallest absolute Gasteiger partial charge is 0.251 e. The molecular formula is C15H24N2O3. The molecule has 0 saturated heterocycles.